The molecule has 62 heavy (non-hydrogen) atoms. The lowest BCUT2D eigenvalue weighted by atomic mass is 9.93. The maximum Gasteiger partial charge on any atom is 0.328 e. The van der Waals surface area contributed by atoms with E-state index in [0.29, 0.717) is 22.5 Å². The van der Waals surface area contributed by atoms with Crippen molar-refractivity contribution < 1.29 is 36.9 Å². The standard InChI is InChI=1S/C40H54N12O8P2/c1-11-27-22(4)33(39(56-27)51-18-48-31-25(7)42-15-45-36(31)51)59-61(9)54-12-28-23(5)34(40(58-28)52-19-49-32-26(8)43-16-46-37(32)52)60-62(10,53)55-13-29-20(2)21(3)38(57-29)50-17-47-30-24(6)41-14-44-35(30)50/h14-23,27-29,33-34,38-40H,11-13H2,1-10H3/t20?,21?,22?,23?,27-,28-,29-,33?,34?,38-,39-,40-,61?,62?/m1/s1. The second-order valence-electron chi connectivity index (χ2n) is 16.8. The highest BCUT2D eigenvalue weighted by Crippen LogP contribution is 2.53. The van der Waals surface area contributed by atoms with Crippen LogP contribution in [0.15, 0.2) is 38.0 Å². The van der Waals surface area contributed by atoms with Crippen LogP contribution in [0.2, 0.25) is 0 Å². The van der Waals surface area contributed by atoms with Gasteiger partial charge in [0.25, 0.3) is 0 Å². The molecule has 14 atom stereocenters. The molecule has 0 amide bonds. The van der Waals surface area contributed by atoms with E-state index in [0.717, 1.165) is 34.5 Å². The summed E-state index contributed by atoms with van der Waals surface area (Å²) >= 11 is 0. The topological polar surface area (TPSA) is 212 Å². The lowest BCUT2D eigenvalue weighted by molar-refractivity contribution is -0.0503. The van der Waals surface area contributed by atoms with E-state index < -0.39 is 40.6 Å². The molecule has 20 nitrogen and oxygen atoms in total. The van der Waals surface area contributed by atoms with Crippen LogP contribution in [0.25, 0.3) is 33.5 Å². The lowest BCUT2D eigenvalue weighted by Gasteiger charge is -2.27. The fourth-order valence-corrected chi connectivity index (χ4v) is 11.2. The van der Waals surface area contributed by atoms with Crippen LogP contribution in [-0.2, 0) is 36.9 Å². The molecule has 0 saturated carbocycles. The van der Waals surface area contributed by atoms with Gasteiger partial charge in [0, 0.05) is 31.1 Å². The van der Waals surface area contributed by atoms with Gasteiger partial charge in [0.2, 0.25) is 0 Å². The van der Waals surface area contributed by atoms with Crippen molar-refractivity contribution in [3.63, 3.8) is 0 Å². The number of imidazole rings is 3. The van der Waals surface area contributed by atoms with Crippen molar-refractivity contribution in [3.8, 4) is 0 Å². The largest absolute Gasteiger partial charge is 0.352 e. The Morgan fingerprint density at radius 3 is 1.60 bits per heavy atom. The number of ether oxygens (including phenoxy) is 3. The number of nitrogens with zero attached hydrogens (tertiary/aromatic N) is 12. The molecule has 3 fully saturated rings. The molecular formula is C40H54N12O8P2. The Morgan fingerprint density at radius 1 is 0.613 bits per heavy atom. The fourth-order valence-electron chi connectivity index (χ4n) is 8.95. The average Bonchev–Trinajstić information content (AvgIpc) is 4.11. The Kier molecular flexibility index (Phi) is 12.0. The van der Waals surface area contributed by atoms with Crippen molar-refractivity contribution >= 4 is 49.5 Å². The molecule has 0 spiro atoms. The summed E-state index contributed by atoms with van der Waals surface area (Å²) in [6.45, 7) is 19.8. The minimum Gasteiger partial charge on any atom is -0.352 e. The molecule has 8 unspecified atom stereocenters. The zero-order valence-corrected chi connectivity index (χ0v) is 38.3. The molecule has 9 heterocycles. The first-order valence-corrected chi connectivity index (χ1v) is 24.7. The minimum absolute atomic E-state index is 0.0280. The molecule has 0 radical (unpaired) electrons. The third-order valence-corrected chi connectivity index (χ3v) is 15.2. The van der Waals surface area contributed by atoms with Gasteiger partial charge >= 0.3 is 7.60 Å². The highest BCUT2D eigenvalue weighted by molar-refractivity contribution is 7.53. The van der Waals surface area contributed by atoms with Gasteiger partial charge in [-0.1, -0.05) is 34.6 Å². The van der Waals surface area contributed by atoms with Crippen LogP contribution in [0.1, 0.15) is 76.8 Å². The molecule has 0 bridgehead atoms. The molecule has 9 rings (SSSR count). The smallest absolute Gasteiger partial charge is 0.328 e. The van der Waals surface area contributed by atoms with E-state index >= 15 is 0 Å². The summed E-state index contributed by atoms with van der Waals surface area (Å²) in [5, 5.41) is 0. The Morgan fingerprint density at radius 2 is 1.06 bits per heavy atom. The predicted octanol–water partition coefficient (Wildman–Crippen LogP) is 6.65. The zero-order chi connectivity index (χ0) is 43.6. The predicted molar refractivity (Wildman–Crippen MR) is 227 cm³/mol. The molecule has 0 aromatic carbocycles. The summed E-state index contributed by atoms with van der Waals surface area (Å²) in [6, 6.07) is 0. The monoisotopic (exact) mass is 892 g/mol. The van der Waals surface area contributed by atoms with Crippen LogP contribution < -0.4 is 0 Å². The van der Waals surface area contributed by atoms with E-state index in [1.807, 2.05) is 43.5 Å². The third-order valence-electron chi connectivity index (χ3n) is 12.9. The van der Waals surface area contributed by atoms with E-state index in [9.17, 15) is 4.57 Å². The fraction of sp³-hybridized carbons (Fsp3) is 0.625. The summed E-state index contributed by atoms with van der Waals surface area (Å²) in [5.74, 6) is -0.0902. The van der Waals surface area contributed by atoms with Gasteiger partial charge < -0.3 is 32.3 Å². The normalized spacial score (nSPS) is 31.8. The quantitative estimate of drug-likeness (QED) is 0.105. The molecule has 22 heteroatoms. The van der Waals surface area contributed by atoms with Crippen molar-refractivity contribution in [1.82, 2.24) is 58.6 Å². The Hall–Kier alpha value is -3.97. The molecular weight excluding hydrogens is 838 g/mol. The summed E-state index contributed by atoms with van der Waals surface area (Å²) in [5.41, 5.74) is 6.35. The Balaban J connectivity index is 0.897. The number of hydrogen-bond acceptors (Lipinski definition) is 17. The highest BCUT2D eigenvalue weighted by Gasteiger charge is 2.49. The van der Waals surface area contributed by atoms with Crippen LogP contribution in [0.3, 0.4) is 0 Å². The van der Waals surface area contributed by atoms with Crippen LogP contribution in [-0.4, -0.2) is 116 Å². The number of rotatable bonds is 14. The van der Waals surface area contributed by atoms with E-state index in [-0.39, 0.29) is 61.4 Å². The van der Waals surface area contributed by atoms with E-state index in [1.165, 1.54) is 25.6 Å². The molecule has 3 saturated heterocycles. The second-order valence-corrected chi connectivity index (χ2v) is 20.2. The van der Waals surface area contributed by atoms with Crippen molar-refractivity contribution in [2.75, 3.05) is 26.5 Å². The summed E-state index contributed by atoms with van der Waals surface area (Å²) in [6.07, 6.45) is 7.00. The van der Waals surface area contributed by atoms with Gasteiger partial charge in [0.05, 0.1) is 67.6 Å². The third kappa shape index (κ3) is 7.85. The first-order valence-electron chi connectivity index (χ1n) is 21.1. The van der Waals surface area contributed by atoms with Crippen LogP contribution in [0, 0.1) is 44.4 Å². The van der Waals surface area contributed by atoms with Gasteiger partial charge in [0.1, 0.15) is 54.0 Å². The molecule has 6 aromatic rings. The molecule has 3 aliphatic heterocycles. The van der Waals surface area contributed by atoms with Crippen molar-refractivity contribution in [1.29, 1.82) is 0 Å². The summed E-state index contributed by atoms with van der Waals surface area (Å²) in [4.78, 5) is 40.2. The van der Waals surface area contributed by atoms with E-state index in [4.69, 9.17) is 32.3 Å². The SMILES string of the molecule is CC[C@H]1O[C@@H](n2cnc3c(C)ncnc32)C(OP(C)OC[C@H]2O[C@@H](n3cnc4c(C)ncnc43)C(OP(C)(=O)OC[C@H]3O[C@@H](n4cnc5c(C)ncnc54)C(C)C3C)C2C)C1C. The number of aromatic nitrogens is 12. The van der Waals surface area contributed by atoms with Gasteiger partial charge in [-0.05, 0) is 33.1 Å². The number of aryl methyl sites for hydroxylation is 3. The van der Waals surface area contributed by atoms with Crippen molar-refractivity contribution in [3.05, 3.63) is 55.0 Å². The van der Waals surface area contributed by atoms with Crippen molar-refractivity contribution in [2.45, 2.75) is 111 Å². The first kappa shape index (κ1) is 43.3. The first-order chi connectivity index (χ1) is 29.7. The van der Waals surface area contributed by atoms with Crippen molar-refractivity contribution in [2.24, 2.45) is 23.7 Å². The van der Waals surface area contributed by atoms with Gasteiger partial charge in [-0.2, -0.15) is 0 Å². The Bertz CT molecular complexity index is 2610. The molecule has 0 aliphatic carbocycles. The minimum atomic E-state index is -3.72. The van der Waals surface area contributed by atoms with Crippen LogP contribution in [0.5, 0.6) is 0 Å². The molecule has 6 aromatic heterocycles. The lowest BCUT2D eigenvalue weighted by Crippen LogP contribution is -2.29. The maximum absolute atomic E-state index is 14.4. The number of fused-ring (bicyclic) bond motifs is 3. The van der Waals surface area contributed by atoms with Gasteiger partial charge in [-0.3, -0.25) is 18.3 Å². The second kappa shape index (κ2) is 17.2. The van der Waals surface area contributed by atoms with E-state index in [2.05, 4.69) is 72.6 Å². The highest BCUT2D eigenvalue weighted by atomic mass is 31.2. The zero-order valence-electron chi connectivity index (χ0n) is 36.5. The maximum atomic E-state index is 14.4. The molecule has 332 valence electrons. The molecule has 3 aliphatic rings. The van der Waals surface area contributed by atoms with Gasteiger partial charge in [-0.15, -0.1) is 0 Å². The Labute approximate surface area is 360 Å². The summed E-state index contributed by atoms with van der Waals surface area (Å²) < 4.78 is 65.8. The number of hydrogen-bond donors (Lipinski definition) is 0. The molecule has 0 N–H and O–H groups in total. The summed E-state index contributed by atoms with van der Waals surface area (Å²) in [7, 11) is -5.15. The van der Waals surface area contributed by atoms with E-state index in [1.54, 1.807) is 23.5 Å². The van der Waals surface area contributed by atoms with Crippen LogP contribution in [0.4, 0.5) is 0 Å². The van der Waals surface area contributed by atoms with Crippen LogP contribution >= 0.6 is 16.0 Å². The van der Waals surface area contributed by atoms with Gasteiger partial charge in [0.15, 0.2) is 37.8 Å². The average molecular weight is 893 g/mol. The van der Waals surface area contributed by atoms with Gasteiger partial charge in [-0.25, -0.2) is 44.9 Å².